The van der Waals surface area contributed by atoms with E-state index in [0.717, 1.165) is 62.0 Å². The molecule has 6 nitrogen and oxygen atoms in total. The van der Waals surface area contributed by atoms with Gasteiger partial charge in [0, 0.05) is 42.8 Å². The van der Waals surface area contributed by atoms with Crippen molar-refractivity contribution in [2.24, 2.45) is 0 Å². The highest BCUT2D eigenvalue weighted by molar-refractivity contribution is 6.31. The zero-order valence-electron chi connectivity index (χ0n) is 15.8. The number of nitrogens with zero attached hydrogens (tertiary/aromatic N) is 1. The van der Waals surface area contributed by atoms with Gasteiger partial charge >= 0.3 is 0 Å². The Morgan fingerprint density at radius 2 is 1.89 bits per heavy atom. The van der Waals surface area contributed by atoms with E-state index in [-0.39, 0.29) is 5.91 Å². The molecule has 0 aliphatic carbocycles. The van der Waals surface area contributed by atoms with Crippen LogP contribution in [0.1, 0.15) is 12.0 Å². The lowest BCUT2D eigenvalue weighted by Crippen LogP contribution is -2.37. The molecular weight excluding hydrogens is 354 g/mol. The maximum absolute atomic E-state index is 12.1. The standard InChI is InChI=1S/C22H25N3O3/c26-22-20(19-4-1-2-5-21(19)24-22)16-23-17-6-8-18(9-7-17)28-13-3-10-25-11-14-27-15-12-25/h1-2,4-9,16,23H,3,10-15H2,(H,24,26). The number of nitrogens with one attached hydrogen (secondary N) is 2. The van der Waals surface area contributed by atoms with Crippen LogP contribution in [-0.2, 0) is 9.53 Å². The fourth-order valence-electron chi connectivity index (χ4n) is 3.39. The summed E-state index contributed by atoms with van der Waals surface area (Å²) in [5.41, 5.74) is 3.31. The molecule has 0 radical (unpaired) electrons. The first-order chi connectivity index (χ1) is 13.8. The van der Waals surface area contributed by atoms with Crippen LogP contribution in [-0.4, -0.2) is 50.3 Å². The van der Waals surface area contributed by atoms with Gasteiger partial charge in [-0.25, -0.2) is 0 Å². The van der Waals surface area contributed by atoms with E-state index in [4.69, 9.17) is 9.47 Å². The zero-order chi connectivity index (χ0) is 19.2. The molecule has 2 N–H and O–H groups in total. The average molecular weight is 379 g/mol. The molecule has 1 amide bonds. The summed E-state index contributed by atoms with van der Waals surface area (Å²) in [7, 11) is 0. The monoisotopic (exact) mass is 379 g/mol. The van der Waals surface area contributed by atoms with Crippen LogP contribution in [0.3, 0.4) is 0 Å². The summed E-state index contributed by atoms with van der Waals surface area (Å²) >= 11 is 0. The summed E-state index contributed by atoms with van der Waals surface area (Å²) in [5, 5.41) is 6.07. The van der Waals surface area contributed by atoms with Crippen molar-refractivity contribution in [2.75, 3.05) is 50.1 Å². The second kappa shape index (κ2) is 8.91. The van der Waals surface area contributed by atoms with Crippen molar-refractivity contribution in [2.45, 2.75) is 6.42 Å². The van der Waals surface area contributed by atoms with Crippen molar-refractivity contribution in [3.63, 3.8) is 0 Å². The Kier molecular flexibility index (Phi) is 5.89. The minimum absolute atomic E-state index is 0.0890. The van der Waals surface area contributed by atoms with Gasteiger partial charge in [-0.05, 0) is 36.8 Å². The number of morpholine rings is 1. The van der Waals surface area contributed by atoms with Gasteiger partial charge in [0.1, 0.15) is 5.75 Å². The summed E-state index contributed by atoms with van der Waals surface area (Å²) in [6.07, 6.45) is 2.75. The van der Waals surface area contributed by atoms with Crippen LogP contribution in [0.5, 0.6) is 5.75 Å². The third-order valence-electron chi connectivity index (χ3n) is 4.94. The lowest BCUT2D eigenvalue weighted by atomic mass is 10.1. The second-order valence-corrected chi connectivity index (χ2v) is 6.88. The number of amides is 1. The average Bonchev–Trinajstić information content (AvgIpc) is 3.06. The van der Waals surface area contributed by atoms with Gasteiger partial charge in [0.15, 0.2) is 0 Å². The summed E-state index contributed by atoms with van der Waals surface area (Å²) in [6.45, 7) is 5.43. The molecule has 1 saturated heterocycles. The van der Waals surface area contributed by atoms with Crippen LogP contribution in [0, 0.1) is 0 Å². The van der Waals surface area contributed by atoms with Crippen molar-refractivity contribution in [3.8, 4) is 5.75 Å². The second-order valence-electron chi connectivity index (χ2n) is 6.88. The molecule has 2 aromatic rings. The van der Waals surface area contributed by atoms with Gasteiger partial charge in [-0.3, -0.25) is 9.69 Å². The molecule has 0 saturated carbocycles. The highest BCUT2D eigenvalue weighted by Gasteiger charge is 2.23. The van der Waals surface area contributed by atoms with Gasteiger partial charge in [0.25, 0.3) is 5.91 Å². The largest absolute Gasteiger partial charge is 0.494 e. The van der Waals surface area contributed by atoms with Gasteiger partial charge in [-0.1, -0.05) is 18.2 Å². The number of hydrogen-bond acceptors (Lipinski definition) is 5. The first kappa shape index (κ1) is 18.5. The summed E-state index contributed by atoms with van der Waals surface area (Å²) in [4.78, 5) is 14.5. The van der Waals surface area contributed by atoms with Gasteiger partial charge in [-0.2, -0.15) is 0 Å². The third-order valence-corrected chi connectivity index (χ3v) is 4.94. The van der Waals surface area contributed by atoms with E-state index in [9.17, 15) is 4.79 Å². The van der Waals surface area contributed by atoms with E-state index in [1.807, 2.05) is 48.5 Å². The number of fused-ring (bicyclic) bond motifs is 1. The number of para-hydroxylation sites is 1. The Hall–Kier alpha value is -2.83. The predicted molar refractivity (Wildman–Crippen MR) is 110 cm³/mol. The van der Waals surface area contributed by atoms with Crippen LogP contribution in [0.15, 0.2) is 54.7 Å². The number of carbonyl (C=O) groups is 1. The Balaban J connectivity index is 1.26. The highest BCUT2D eigenvalue weighted by atomic mass is 16.5. The van der Waals surface area contributed by atoms with E-state index < -0.39 is 0 Å². The number of ether oxygens (including phenoxy) is 2. The third kappa shape index (κ3) is 4.52. The number of carbonyl (C=O) groups excluding carboxylic acids is 1. The molecule has 0 unspecified atom stereocenters. The molecule has 6 heteroatoms. The van der Waals surface area contributed by atoms with Crippen LogP contribution in [0.2, 0.25) is 0 Å². The molecule has 2 aliphatic rings. The van der Waals surface area contributed by atoms with Crippen LogP contribution in [0.4, 0.5) is 11.4 Å². The molecule has 0 atom stereocenters. The van der Waals surface area contributed by atoms with Gasteiger partial charge < -0.3 is 20.1 Å². The molecule has 4 rings (SSSR count). The number of rotatable bonds is 7. The van der Waals surface area contributed by atoms with E-state index in [1.165, 1.54) is 0 Å². The molecule has 2 aliphatic heterocycles. The maximum atomic E-state index is 12.1. The first-order valence-corrected chi connectivity index (χ1v) is 9.70. The number of hydrogen-bond donors (Lipinski definition) is 2. The Bertz CT molecular complexity index is 842. The quantitative estimate of drug-likeness (QED) is 0.571. The van der Waals surface area contributed by atoms with Crippen molar-refractivity contribution in [1.29, 1.82) is 0 Å². The fraction of sp³-hybridized carbons (Fsp3) is 0.318. The molecule has 2 heterocycles. The molecule has 0 aromatic heterocycles. The normalized spacial score (nSPS) is 18.0. The molecule has 2 aromatic carbocycles. The van der Waals surface area contributed by atoms with Crippen molar-refractivity contribution in [3.05, 3.63) is 60.3 Å². The Labute approximate surface area is 165 Å². The Morgan fingerprint density at radius 1 is 1.11 bits per heavy atom. The molecule has 0 bridgehead atoms. The smallest absolute Gasteiger partial charge is 0.257 e. The van der Waals surface area contributed by atoms with Crippen molar-refractivity contribution in [1.82, 2.24) is 4.90 Å². The van der Waals surface area contributed by atoms with Gasteiger partial charge in [-0.15, -0.1) is 0 Å². The molecular formula is C22H25N3O3. The van der Waals surface area contributed by atoms with E-state index in [1.54, 1.807) is 6.20 Å². The highest BCUT2D eigenvalue weighted by Crippen LogP contribution is 2.31. The SMILES string of the molecule is O=C1Nc2ccccc2C1=CNc1ccc(OCCCN2CCOCC2)cc1. The predicted octanol–water partition coefficient (Wildman–Crippen LogP) is 3.19. The molecule has 0 spiro atoms. The molecule has 1 fully saturated rings. The fourth-order valence-corrected chi connectivity index (χ4v) is 3.39. The first-order valence-electron chi connectivity index (χ1n) is 9.70. The van der Waals surface area contributed by atoms with Gasteiger partial charge in [0.05, 0.1) is 25.4 Å². The minimum atomic E-state index is -0.0890. The van der Waals surface area contributed by atoms with E-state index in [0.29, 0.717) is 12.2 Å². The van der Waals surface area contributed by atoms with E-state index in [2.05, 4.69) is 15.5 Å². The lowest BCUT2D eigenvalue weighted by molar-refractivity contribution is -0.110. The van der Waals surface area contributed by atoms with Gasteiger partial charge in [0.2, 0.25) is 0 Å². The number of anilines is 2. The van der Waals surface area contributed by atoms with Crippen molar-refractivity contribution < 1.29 is 14.3 Å². The zero-order valence-corrected chi connectivity index (χ0v) is 15.8. The van der Waals surface area contributed by atoms with Crippen LogP contribution < -0.4 is 15.4 Å². The maximum Gasteiger partial charge on any atom is 0.257 e. The topological polar surface area (TPSA) is 62.8 Å². The van der Waals surface area contributed by atoms with Crippen LogP contribution >= 0.6 is 0 Å². The van der Waals surface area contributed by atoms with E-state index >= 15 is 0 Å². The summed E-state index contributed by atoms with van der Waals surface area (Å²) in [5.74, 6) is 0.762. The Morgan fingerprint density at radius 3 is 2.71 bits per heavy atom. The molecule has 146 valence electrons. The van der Waals surface area contributed by atoms with Crippen LogP contribution in [0.25, 0.3) is 5.57 Å². The summed E-state index contributed by atoms with van der Waals surface area (Å²) in [6, 6.07) is 15.5. The number of benzene rings is 2. The molecule has 28 heavy (non-hydrogen) atoms. The minimum Gasteiger partial charge on any atom is -0.494 e. The van der Waals surface area contributed by atoms with Crippen molar-refractivity contribution >= 4 is 22.9 Å². The summed E-state index contributed by atoms with van der Waals surface area (Å²) < 4.78 is 11.2. The lowest BCUT2D eigenvalue weighted by Gasteiger charge is -2.26.